The Balaban J connectivity index is 3.40. The van der Waals surface area contributed by atoms with Crippen LogP contribution in [0.1, 0.15) is 96.8 Å². The minimum atomic E-state index is -0.605. The molecular weight excluding hydrogens is 372 g/mol. The summed E-state index contributed by atoms with van der Waals surface area (Å²) in [4.78, 5) is 11.6. The molecule has 2 N–H and O–H groups in total. The number of hydrogen-bond acceptors (Lipinski definition) is 6. The highest BCUT2D eigenvalue weighted by molar-refractivity contribution is 5.69. The van der Waals surface area contributed by atoms with Gasteiger partial charge in [-0.3, -0.25) is 4.79 Å². The average molecular weight is 419 g/mol. The van der Waals surface area contributed by atoms with Crippen LogP contribution in [0.2, 0.25) is 0 Å². The molecule has 0 aliphatic rings. The van der Waals surface area contributed by atoms with Crippen LogP contribution in [0.4, 0.5) is 0 Å². The van der Waals surface area contributed by atoms with E-state index in [-0.39, 0.29) is 5.97 Å². The Kier molecular flexibility index (Phi) is 21.5. The minimum Gasteiger partial charge on any atom is -0.463 e. The summed E-state index contributed by atoms with van der Waals surface area (Å²) in [5, 5.41) is 20.1. The molecule has 0 aliphatic carbocycles. The zero-order valence-electron chi connectivity index (χ0n) is 18.9. The molecule has 0 rings (SSSR count). The summed E-state index contributed by atoms with van der Waals surface area (Å²) in [6.45, 7) is 3.96. The van der Waals surface area contributed by atoms with Crippen molar-refractivity contribution in [3.8, 4) is 0 Å². The fourth-order valence-corrected chi connectivity index (χ4v) is 3.20. The molecule has 0 aromatic carbocycles. The van der Waals surface area contributed by atoms with Gasteiger partial charge >= 0.3 is 5.97 Å². The van der Waals surface area contributed by atoms with Crippen molar-refractivity contribution in [1.82, 2.24) is 0 Å². The molecule has 0 radical (unpaired) electrons. The van der Waals surface area contributed by atoms with Gasteiger partial charge in [0, 0.05) is 13.5 Å². The molecule has 174 valence electrons. The maximum atomic E-state index is 11.6. The molecule has 0 fully saturated rings. The Morgan fingerprint density at radius 2 is 1.24 bits per heavy atom. The molecule has 6 nitrogen and oxygen atoms in total. The van der Waals surface area contributed by atoms with E-state index in [0.717, 1.165) is 44.9 Å². The molecule has 0 heterocycles. The summed E-state index contributed by atoms with van der Waals surface area (Å²) < 4.78 is 15.2. The number of rotatable bonds is 22. The van der Waals surface area contributed by atoms with E-state index >= 15 is 0 Å². The molecule has 0 saturated heterocycles. The van der Waals surface area contributed by atoms with Crippen molar-refractivity contribution in [2.75, 3.05) is 33.5 Å². The Morgan fingerprint density at radius 1 is 0.724 bits per heavy atom. The van der Waals surface area contributed by atoms with Gasteiger partial charge in [-0.1, -0.05) is 71.1 Å². The summed E-state index contributed by atoms with van der Waals surface area (Å²) in [7, 11) is 1.62. The second-order valence-electron chi connectivity index (χ2n) is 7.82. The Hall–Kier alpha value is -0.690. The number of unbranched alkanes of at least 4 members (excludes halogenated alkanes) is 9. The molecule has 0 aromatic rings. The molecule has 2 unspecified atom stereocenters. The van der Waals surface area contributed by atoms with E-state index in [1.165, 1.54) is 25.7 Å². The van der Waals surface area contributed by atoms with Crippen LogP contribution in [-0.2, 0) is 19.0 Å². The zero-order chi connectivity index (χ0) is 21.6. The molecule has 29 heavy (non-hydrogen) atoms. The number of hydrogen-bond donors (Lipinski definition) is 2. The summed E-state index contributed by atoms with van der Waals surface area (Å²) in [5.74, 6) is -0.173. The quantitative estimate of drug-likeness (QED) is 0.200. The smallest absolute Gasteiger partial charge is 0.305 e. The Bertz CT molecular complexity index is 350. The van der Waals surface area contributed by atoms with E-state index in [4.69, 9.17) is 14.2 Å². The average Bonchev–Trinajstić information content (AvgIpc) is 2.72. The van der Waals surface area contributed by atoms with Gasteiger partial charge in [0.2, 0.25) is 0 Å². The molecular formula is C23H46O6. The van der Waals surface area contributed by atoms with Crippen molar-refractivity contribution in [2.24, 2.45) is 0 Å². The van der Waals surface area contributed by atoms with E-state index in [2.05, 4.69) is 6.92 Å². The first-order chi connectivity index (χ1) is 14.1. The first-order valence-corrected chi connectivity index (χ1v) is 11.7. The summed E-state index contributed by atoms with van der Waals surface area (Å²) in [6.07, 6.45) is 12.6. The minimum absolute atomic E-state index is 0.173. The second-order valence-corrected chi connectivity index (χ2v) is 7.82. The van der Waals surface area contributed by atoms with Crippen LogP contribution in [0.25, 0.3) is 0 Å². The van der Waals surface area contributed by atoms with Crippen LogP contribution in [0.5, 0.6) is 0 Å². The molecule has 0 aromatic heterocycles. The van der Waals surface area contributed by atoms with Crippen molar-refractivity contribution in [1.29, 1.82) is 0 Å². The largest absolute Gasteiger partial charge is 0.463 e. The lowest BCUT2D eigenvalue weighted by atomic mass is 9.99. The van der Waals surface area contributed by atoms with Crippen LogP contribution in [0.15, 0.2) is 0 Å². The predicted octanol–water partition coefficient (Wildman–Crippen LogP) is 4.40. The maximum absolute atomic E-state index is 11.6. The Labute approximate surface area is 178 Å². The van der Waals surface area contributed by atoms with Crippen molar-refractivity contribution >= 4 is 5.97 Å². The van der Waals surface area contributed by atoms with Gasteiger partial charge in [-0.2, -0.15) is 0 Å². The van der Waals surface area contributed by atoms with Crippen LogP contribution in [-0.4, -0.2) is 61.9 Å². The van der Waals surface area contributed by atoms with Crippen molar-refractivity contribution in [3.63, 3.8) is 0 Å². The number of aliphatic hydroxyl groups is 2. The molecule has 0 saturated carbocycles. The highest BCUT2D eigenvalue weighted by Crippen LogP contribution is 2.15. The number of ether oxygens (including phenoxy) is 3. The van der Waals surface area contributed by atoms with Gasteiger partial charge in [-0.05, 0) is 19.3 Å². The number of carbonyl (C=O) groups is 1. The zero-order valence-corrected chi connectivity index (χ0v) is 18.9. The topological polar surface area (TPSA) is 85.2 Å². The number of methoxy groups -OCH3 is 1. The fraction of sp³-hybridized carbons (Fsp3) is 0.957. The monoisotopic (exact) mass is 418 g/mol. The Morgan fingerprint density at radius 3 is 1.83 bits per heavy atom. The maximum Gasteiger partial charge on any atom is 0.305 e. The number of carbonyl (C=O) groups excluding carboxylic acids is 1. The lowest BCUT2D eigenvalue weighted by Gasteiger charge is -2.17. The van der Waals surface area contributed by atoms with Crippen molar-refractivity contribution in [2.45, 2.75) is 109 Å². The molecule has 6 heteroatoms. The molecule has 2 atom stereocenters. The molecule has 0 amide bonds. The van der Waals surface area contributed by atoms with Crippen LogP contribution in [0, 0.1) is 0 Å². The number of esters is 1. The van der Waals surface area contributed by atoms with Crippen LogP contribution >= 0.6 is 0 Å². The first kappa shape index (κ1) is 28.3. The van der Waals surface area contributed by atoms with Gasteiger partial charge < -0.3 is 24.4 Å². The van der Waals surface area contributed by atoms with Crippen LogP contribution < -0.4 is 0 Å². The first-order valence-electron chi connectivity index (χ1n) is 11.7. The third kappa shape index (κ3) is 20.4. The number of aliphatic hydroxyl groups excluding tert-OH is 2. The second kappa shape index (κ2) is 22.0. The third-order valence-electron chi connectivity index (χ3n) is 5.10. The third-order valence-corrected chi connectivity index (χ3v) is 5.10. The summed E-state index contributed by atoms with van der Waals surface area (Å²) in [6, 6.07) is 0. The highest BCUT2D eigenvalue weighted by atomic mass is 16.6. The SMILES string of the molecule is CCCCCCCCC(O)C(O)CCCCCCCC(=O)OCCOCCOC. The van der Waals surface area contributed by atoms with Gasteiger partial charge in [0.1, 0.15) is 6.61 Å². The van der Waals surface area contributed by atoms with Gasteiger partial charge in [-0.15, -0.1) is 0 Å². The van der Waals surface area contributed by atoms with Gasteiger partial charge in [0.25, 0.3) is 0 Å². The lowest BCUT2D eigenvalue weighted by Crippen LogP contribution is -2.25. The predicted molar refractivity (Wildman–Crippen MR) is 116 cm³/mol. The van der Waals surface area contributed by atoms with E-state index in [1.54, 1.807) is 7.11 Å². The molecule has 0 spiro atoms. The van der Waals surface area contributed by atoms with Crippen molar-refractivity contribution < 1.29 is 29.2 Å². The van der Waals surface area contributed by atoms with E-state index in [1.807, 2.05) is 0 Å². The van der Waals surface area contributed by atoms with E-state index in [0.29, 0.717) is 45.7 Å². The van der Waals surface area contributed by atoms with Gasteiger partial charge in [0.15, 0.2) is 0 Å². The van der Waals surface area contributed by atoms with Crippen molar-refractivity contribution in [3.05, 3.63) is 0 Å². The standard InChI is InChI=1S/C23H46O6/c1-3-4-5-6-8-11-14-21(24)22(25)15-12-9-7-10-13-16-23(26)29-20-19-28-18-17-27-2/h21-22,24-25H,3-20H2,1-2H3. The highest BCUT2D eigenvalue weighted by Gasteiger charge is 2.15. The van der Waals surface area contributed by atoms with Gasteiger partial charge in [-0.25, -0.2) is 0 Å². The molecule has 0 aliphatic heterocycles. The fourth-order valence-electron chi connectivity index (χ4n) is 3.20. The lowest BCUT2D eigenvalue weighted by molar-refractivity contribution is -0.145. The van der Waals surface area contributed by atoms with E-state index < -0.39 is 12.2 Å². The summed E-state index contributed by atoms with van der Waals surface area (Å²) in [5.41, 5.74) is 0. The summed E-state index contributed by atoms with van der Waals surface area (Å²) >= 11 is 0. The van der Waals surface area contributed by atoms with Crippen LogP contribution in [0.3, 0.4) is 0 Å². The van der Waals surface area contributed by atoms with Gasteiger partial charge in [0.05, 0.1) is 32.0 Å². The van der Waals surface area contributed by atoms with E-state index in [9.17, 15) is 15.0 Å². The molecule has 0 bridgehead atoms. The normalized spacial score (nSPS) is 13.4.